The molecule has 2 aromatic heterocycles. The first-order chi connectivity index (χ1) is 13.9. The molecule has 0 bridgehead atoms. The van der Waals surface area contributed by atoms with E-state index in [-0.39, 0.29) is 6.61 Å². The highest BCUT2D eigenvalue weighted by Crippen LogP contribution is 2.33. The van der Waals surface area contributed by atoms with Crippen LogP contribution in [0, 0.1) is 20.8 Å². The fraction of sp³-hybridized carbons (Fsp3) is 0.227. The van der Waals surface area contributed by atoms with E-state index in [0.29, 0.717) is 5.00 Å². The second-order valence-electron chi connectivity index (χ2n) is 7.11. The Morgan fingerprint density at radius 3 is 2.79 bits per heavy atom. The minimum Gasteiger partial charge on any atom is -0.444 e. The predicted octanol–water partition coefficient (Wildman–Crippen LogP) is 5.37. The number of aryl methyl sites for hydroxylation is 4. The lowest BCUT2D eigenvalue weighted by atomic mass is 10.1. The molecule has 6 nitrogen and oxygen atoms in total. The van der Waals surface area contributed by atoms with E-state index in [2.05, 4.69) is 47.4 Å². The Kier molecular flexibility index (Phi) is 5.07. The molecule has 1 N–H and O–H groups in total. The maximum absolute atomic E-state index is 12.3. The van der Waals surface area contributed by atoms with Crippen molar-refractivity contribution in [2.75, 3.05) is 5.32 Å². The fourth-order valence-electron chi connectivity index (χ4n) is 3.26. The minimum atomic E-state index is -0.491. The van der Waals surface area contributed by atoms with Crippen LogP contribution in [0.3, 0.4) is 0 Å². The third-order valence-corrected chi connectivity index (χ3v) is 5.91. The van der Waals surface area contributed by atoms with Crippen molar-refractivity contribution in [3.05, 3.63) is 65.0 Å². The zero-order valence-corrected chi connectivity index (χ0v) is 17.6. The summed E-state index contributed by atoms with van der Waals surface area (Å²) in [5.41, 5.74) is 6.19. The number of carbonyl (C=O) groups is 1. The molecule has 4 aromatic rings. The van der Waals surface area contributed by atoms with Crippen molar-refractivity contribution in [2.24, 2.45) is 7.05 Å². The number of nitrogens with zero attached hydrogens (tertiary/aromatic N) is 3. The molecule has 1 amide bonds. The van der Waals surface area contributed by atoms with E-state index in [1.54, 1.807) is 6.20 Å². The molecule has 0 fully saturated rings. The van der Waals surface area contributed by atoms with Crippen LogP contribution in [-0.2, 0) is 18.4 Å². The molecule has 0 unspecified atom stereocenters. The maximum atomic E-state index is 12.3. The number of anilines is 1. The zero-order valence-electron chi connectivity index (χ0n) is 16.8. The van der Waals surface area contributed by atoms with Crippen LogP contribution in [0.2, 0.25) is 0 Å². The van der Waals surface area contributed by atoms with Gasteiger partial charge in [-0.25, -0.2) is 9.78 Å². The van der Waals surface area contributed by atoms with Crippen LogP contribution in [0.5, 0.6) is 0 Å². The lowest BCUT2D eigenvalue weighted by Gasteiger charge is -2.06. The molecular formula is C22H22N4O2S. The third kappa shape index (κ3) is 4.00. The van der Waals surface area contributed by atoms with Gasteiger partial charge in [0.1, 0.15) is 16.6 Å². The van der Waals surface area contributed by atoms with Gasteiger partial charge in [0.25, 0.3) is 0 Å². The lowest BCUT2D eigenvalue weighted by Crippen LogP contribution is -2.13. The highest BCUT2D eigenvalue weighted by Gasteiger charge is 2.14. The zero-order chi connectivity index (χ0) is 20.5. The number of hydrogen-bond donors (Lipinski definition) is 1. The van der Waals surface area contributed by atoms with E-state index in [1.165, 1.54) is 22.5 Å². The smallest absolute Gasteiger partial charge is 0.412 e. The summed E-state index contributed by atoms with van der Waals surface area (Å²) < 4.78 is 7.21. The summed E-state index contributed by atoms with van der Waals surface area (Å²) in [6, 6.07) is 12.2. The van der Waals surface area contributed by atoms with E-state index in [0.717, 1.165) is 32.7 Å². The Morgan fingerprint density at radius 1 is 1.17 bits per heavy atom. The van der Waals surface area contributed by atoms with Gasteiger partial charge < -0.3 is 4.74 Å². The van der Waals surface area contributed by atoms with Crippen LogP contribution in [0.4, 0.5) is 9.80 Å². The molecule has 0 atom stereocenters. The van der Waals surface area contributed by atoms with Gasteiger partial charge in [-0.2, -0.15) is 5.10 Å². The summed E-state index contributed by atoms with van der Waals surface area (Å²) in [5, 5.41) is 9.65. The number of nitrogens with one attached hydrogen (secondary N) is 1. The average molecular weight is 407 g/mol. The standard InChI is InChI=1S/C22H22N4O2S/c1-13-5-7-18(14(2)9-13)21-24-15(3)20(29-21)25-22(27)28-12-16-6-8-19-17(10-16)11-23-26(19)4/h5-11H,12H2,1-4H3,(H,25,27). The first-order valence-electron chi connectivity index (χ1n) is 9.30. The number of fused-ring (bicyclic) bond motifs is 1. The molecule has 0 radical (unpaired) electrons. The fourth-order valence-corrected chi connectivity index (χ4v) is 4.30. The number of rotatable bonds is 4. The van der Waals surface area contributed by atoms with Crippen LogP contribution in [-0.4, -0.2) is 20.9 Å². The molecule has 4 rings (SSSR count). The van der Waals surface area contributed by atoms with Gasteiger partial charge in [0.15, 0.2) is 0 Å². The van der Waals surface area contributed by atoms with Crippen molar-refractivity contribution in [3.8, 4) is 10.6 Å². The predicted molar refractivity (Wildman–Crippen MR) is 116 cm³/mol. The molecular weight excluding hydrogens is 384 g/mol. The Morgan fingerprint density at radius 2 is 2.00 bits per heavy atom. The topological polar surface area (TPSA) is 69.0 Å². The van der Waals surface area contributed by atoms with Gasteiger partial charge in [0.2, 0.25) is 0 Å². The summed E-state index contributed by atoms with van der Waals surface area (Å²) in [6.45, 7) is 6.21. The second-order valence-corrected chi connectivity index (χ2v) is 8.11. The van der Waals surface area contributed by atoms with E-state index in [4.69, 9.17) is 4.74 Å². The van der Waals surface area contributed by atoms with Crippen LogP contribution >= 0.6 is 11.3 Å². The minimum absolute atomic E-state index is 0.193. The largest absolute Gasteiger partial charge is 0.444 e. The Labute approximate surface area is 173 Å². The molecule has 0 aliphatic rings. The summed E-state index contributed by atoms with van der Waals surface area (Å²) in [5.74, 6) is 0. The highest BCUT2D eigenvalue weighted by atomic mass is 32.1. The summed E-state index contributed by atoms with van der Waals surface area (Å²) in [7, 11) is 1.90. The molecule has 2 heterocycles. The molecule has 0 spiro atoms. The van der Waals surface area contributed by atoms with Crippen molar-refractivity contribution >= 4 is 33.3 Å². The molecule has 148 valence electrons. The van der Waals surface area contributed by atoms with Gasteiger partial charge in [0.05, 0.1) is 17.4 Å². The first kappa shape index (κ1) is 19.1. The van der Waals surface area contributed by atoms with E-state index in [9.17, 15) is 4.79 Å². The lowest BCUT2D eigenvalue weighted by molar-refractivity contribution is 0.155. The molecule has 0 aliphatic heterocycles. The average Bonchev–Trinajstić information content (AvgIpc) is 3.23. The molecule has 7 heteroatoms. The number of aromatic nitrogens is 3. The van der Waals surface area contributed by atoms with Crippen molar-refractivity contribution in [1.29, 1.82) is 0 Å². The van der Waals surface area contributed by atoms with Crippen molar-refractivity contribution in [1.82, 2.24) is 14.8 Å². The number of benzene rings is 2. The Balaban J connectivity index is 1.43. The van der Waals surface area contributed by atoms with Crippen LogP contribution in [0.25, 0.3) is 21.5 Å². The van der Waals surface area contributed by atoms with Gasteiger partial charge in [-0.1, -0.05) is 41.2 Å². The van der Waals surface area contributed by atoms with Gasteiger partial charge in [0, 0.05) is 18.0 Å². The number of hydrogen-bond acceptors (Lipinski definition) is 5. The van der Waals surface area contributed by atoms with E-state index in [1.807, 2.05) is 36.9 Å². The van der Waals surface area contributed by atoms with Crippen LogP contribution < -0.4 is 5.32 Å². The van der Waals surface area contributed by atoms with Gasteiger partial charge in [-0.05, 0) is 44.0 Å². The van der Waals surface area contributed by atoms with Gasteiger partial charge in [-0.15, -0.1) is 0 Å². The van der Waals surface area contributed by atoms with Crippen molar-refractivity contribution in [2.45, 2.75) is 27.4 Å². The van der Waals surface area contributed by atoms with E-state index >= 15 is 0 Å². The monoisotopic (exact) mass is 406 g/mol. The van der Waals surface area contributed by atoms with Crippen molar-refractivity contribution in [3.63, 3.8) is 0 Å². The molecule has 0 saturated heterocycles. The van der Waals surface area contributed by atoms with Crippen molar-refractivity contribution < 1.29 is 9.53 Å². The summed E-state index contributed by atoms with van der Waals surface area (Å²) in [6.07, 6.45) is 1.31. The van der Waals surface area contributed by atoms with Crippen LogP contribution in [0.1, 0.15) is 22.4 Å². The maximum Gasteiger partial charge on any atom is 0.412 e. The van der Waals surface area contributed by atoms with Gasteiger partial charge >= 0.3 is 6.09 Å². The number of amides is 1. The quantitative estimate of drug-likeness (QED) is 0.495. The second kappa shape index (κ2) is 7.67. The summed E-state index contributed by atoms with van der Waals surface area (Å²) >= 11 is 1.45. The molecule has 29 heavy (non-hydrogen) atoms. The Bertz CT molecular complexity index is 1210. The number of ether oxygens (including phenoxy) is 1. The number of thiazole rings is 1. The first-order valence-corrected chi connectivity index (χ1v) is 10.1. The summed E-state index contributed by atoms with van der Waals surface area (Å²) in [4.78, 5) is 16.9. The Hall–Kier alpha value is -3.19. The highest BCUT2D eigenvalue weighted by molar-refractivity contribution is 7.19. The number of carbonyl (C=O) groups excluding carboxylic acids is 1. The van der Waals surface area contributed by atoms with Crippen LogP contribution in [0.15, 0.2) is 42.6 Å². The SMILES string of the molecule is Cc1ccc(-c2nc(C)c(NC(=O)OCc3ccc4c(cnn4C)c3)s2)c(C)c1. The normalized spacial score (nSPS) is 11.0. The van der Waals surface area contributed by atoms with Gasteiger partial charge in [-0.3, -0.25) is 10.00 Å². The molecule has 0 aliphatic carbocycles. The molecule has 2 aromatic carbocycles. The third-order valence-electron chi connectivity index (χ3n) is 4.81. The molecule has 0 saturated carbocycles. The van der Waals surface area contributed by atoms with E-state index < -0.39 is 6.09 Å².